The average Bonchev–Trinajstić information content (AvgIpc) is 2.53. The zero-order valence-electron chi connectivity index (χ0n) is 11.4. The Labute approximate surface area is 122 Å². The molecule has 0 unspecified atom stereocenters. The molecule has 106 valence electrons. The molecule has 0 radical (unpaired) electrons. The third-order valence-corrected chi connectivity index (χ3v) is 3.31. The summed E-state index contributed by atoms with van der Waals surface area (Å²) in [4.78, 5) is 4.47. The molecule has 3 rings (SSSR count). The van der Waals surface area contributed by atoms with Gasteiger partial charge in [0.25, 0.3) is 0 Å². The molecule has 0 saturated heterocycles. The first-order valence-corrected chi connectivity index (χ1v) is 6.73. The van der Waals surface area contributed by atoms with Gasteiger partial charge in [-0.25, -0.2) is 9.37 Å². The first-order valence-electron chi connectivity index (χ1n) is 6.73. The number of nitrogens with two attached hydrogens (primary N) is 1. The highest BCUT2D eigenvalue weighted by atomic mass is 19.1. The topological polar surface area (TPSA) is 48.1 Å². The van der Waals surface area contributed by atoms with Gasteiger partial charge in [-0.2, -0.15) is 0 Å². The van der Waals surface area contributed by atoms with Crippen LogP contribution < -0.4 is 10.5 Å². The number of hydrogen-bond donors (Lipinski definition) is 1. The van der Waals surface area contributed by atoms with E-state index in [4.69, 9.17) is 10.5 Å². The minimum atomic E-state index is -0.285. The van der Waals surface area contributed by atoms with E-state index in [0.717, 1.165) is 16.5 Å². The molecule has 1 aromatic heterocycles. The van der Waals surface area contributed by atoms with E-state index in [1.165, 1.54) is 6.07 Å². The Morgan fingerprint density at radius 2 is 1.76 bits per heavy atom. The molecule has 3 aromatic rings. The van der Waals surface area contributed by atoms with E-state index in [0.29, 0.717) is 18.0 Å². The van der Waals surface area contributed by atoms with E-state index in [9.17, 15) is 4.39 Å². The van der Waals surface area contributed by atoms with Crippen LogP contribution in [0.5, 0.6) is 5.88 Å². The number of fused-ring (bicyclic) bond motifs is 1. The van der Waals surface area contributed by atoms with Crippen molar-refractivity contribution in [2.45, 2.75) is 13.2 Å². The van der Waals surface area contributed by atoms with Gasteiger partial charge in [0.05, 0.1) is 5.52 Å². The zero-order chi connectivity index (χ0) is 14.7. The van der Waals surface area contributed by atoms with Crippen LogP contribution >= 0.6 is 0 Å². The van der Waals surface area contributed by atoms with E-state index in [-0.39, 0.29) is 12.4 Å². The van der Waals surface area contributed by atoms with Crippen molar-refractivity contribution in [2.75, 3.05) is 0 Å². The first-order chi connectivity index (χ1) is 10.3. The molecule has 0 spiro atoms. The monoisotopic (exact) mass is 282 g/mol. The maximum absolute atomic E-state index is 13.6. The Hall–Kier alpha value is -2.46. The normalized spacial score (nSPS) is 10.8. The molecule has 2 N–H and O–H groups in total. The van der Waals surface area contributed by atoms with Crippen LogP contribution in [-0.2, 0) is 13.2 Å². The Bertz CT molecular complexity index is 774. The van der Waals surface area contributed by atoms with Crippen molar-refractivity contribution in [2.24, 2.45) is 5.73 Å². The number of rotatable bonds is 4. The molecule has 21 heavy (non-hydrogen) atoms. The summed E-state index contributed by atoms with van der Waals surface area (Å²) >= 11 is 0. The summed E-state index contributed by atoms with van der Waals surface area (Å²) in [6, 6.07) is 16.2. The molecular formula is C17H15FN2O. The summed E-state index contributed by atoms with van der Waals surface area (Å²) in [5, 5.41) is 1.01. The maximum Gasteiger partial charge on any atom is 0.218 e. The highest BCUT2D eigenvalue weighted by molar-refractivity contribution is 5.80. The van der Waals surface area contributed by atoms with Crippen LogP contribution in [0.15, 0.2) is 54.6 Å². The SMILES string of the molecule is NCc1cc2ccccc2nc1OCc1ccccc1F. The minimum absolute atomic E-state index is 0.130. The predicted molar refractivity (Wildman–Crippen MR) is 80.4 cm³/mol. The first kappa shape index (κ1) is 13.5. The molecule has 1 heterocycles. The molecular weight excluding hydrogens is 267 g/mol. The molecule has 3 nitrogen and oxygen atoms in total. The molecule has 0 fully saturated rings. The summed E-state index contributed by atoms with van der Waals surface area (Å²) in [6.45, 7) is 0.454. The van der Waals surface area contributed by atoms with Gasteiger partial charge in [0.2, 0.25) is 5.88 Å². The average molecular weight is 282 g/mol. The van der Waals surface area contributed by atoms with E-state index in [1.54, 1.807) is 18.2 Å². The van der Waals surface area contributed by atoms with Crippen molar-refractivity contribution in [3.8, 4) is 5.88 Å². The molecule has 4 heteroatoms. The van der Waals surface area contributed by atoms with Gasteiger partial charge in [-0.15, -0.1) is 0 Å². The summed E-state index contributed by atoms with van der Waals surface area (Å²) in [5.41, 5.74) is 7.88. The van der Waals surface area contributed by atoms with Crippen LogP contribution in [0.3, 0.4) is 0 Å². The smallest absolute Gasteiger partial charge is 0.218 e. The number of ether oxygens (including phenoxy) is 1. The lowest BCUT2D eigenvalue weighted by atomic mass is 10.1. The Morgan fingerprint density at radius 1 is 1.00 bits per heavy atom. The van der Waals surface area contributed by atoms with E-state index in [1.807, 2.05) is 30.3 Å². The van der Waals surface area contributed by atoms with E-state index < -0.39 is 0 Å². The van der Waals surface area contributed by atoms with Gasteiger partial charge >= 0.3 is 0 Å². The Morgan fingerprint density at radius 3 is 2.57 bits per heavy atom. The number of aromatic nitrogens is 1. The molecule has 0 aliphatic carbocycles. The fourth-order valence-electron chi connectivity index (χ4n) is 2.17. The highest BCUT2D eigenvalue weighted by Crippen LogP contribution is 2.23. The largest absolute Gasteiger partial charge is 0.472 e. The lowest BCUT2D eigenvalue weighted by Gasteiger charge is -2.11. The van der Waals surface area contributed by atoms with Crippen LogP contribution in [0.2, 0.25) is 0 Å². The second-order valence-corrected chi connectivity index (χ2v) is 4.73. The Kier molecular flexibility index (Phi) is 3.79. The maximum atomic E-state index is 13.6. The summed E-state index contributed by atoms with van der Waals surface area (Å²) < 4.78 is 19.3. The molecule has 0 amide bonds. The fraction of sp³-hybridized carbons (Fsp3) is 0.118. The van der Waals surface area contributed by atoms with Gasteiger partial charge in [0, 0.05) is 23.1 Å². The van der Waals surface area contributed by atoms with Crippen molar-refractivity contribution in [3.63, 3.8) is 0 Å². The van der Waals surface area contributed by atoms with Gasteiger partial charge in [-0.05, 0) is 18.2 Å². The van der Waals surface area contributed by atoms with Crippen LogP contribution in [0.4, 0.5) is 4.39 Å². The number of nitrogens with zero attached hydrogens (tertiary/aromatic N) is 1. The number of benzene rings is 2. The number of pyridine rings is 1. The predicted octanol–water partition coefficient (Wildman–Crippen LogP) is 3.41. The zero-order valence-corrected chi connectivity index (χ0v) is 11.4. The highest BCUT2D eigenvalue weighted by Gasteiger charge is 2.08. The molecule has 0 saturated carbocycles. The summed E-state index contributed by atoms with van der Waals surface area (Å²) in [7, 11) is 0. The van der Waals surface area contributed by atoms with Gasteiger partial charge in [0.1, 0.15) is 12.4 Å². The second kappa shape index (κ2) is 5.89. The minimum Gasteiger partial charge on any atom is -0.472 e. The van der Waals surface area contributed by atoms with Gasteiger partial charge < -0.3 is 10.5 Å². The summed E-state index contributed by atoms with van der Waals surface area (Å²) in [5.74, 6) is 0.173. The van der Waals surface area contributed by atoms with Crippen molar-refractivity contribution in [1.82, 2.24) is 4.98 Å². The molecule has 0 aliphatic heterocycles. The van der Waals surface area contributed by atoms with Crippen molar-refractivity contribution < 1.29 is 9.13 Å². The van der Waals surface area contributed by atoms with Gasteiger partial charge in [0.15, 0.2) is 0 Å². The summed E-state index contributed by atoms with van der Waals surface area (Å²) in [6.07, 6.45) is 0. The van der Waals surface area contributed by atoms with E-state index in [2.05, 4.69) is 4.98 Å². The fourth-order valence-corrected chi connectivity index (χ4v) is 2.17. The lowest BCUT2D eigenvalue weighted by Crippen LogP contribution is -2.05. The third-order valence-electron chi connectivity index (χ3n) is 3.31. The molecule has 2 aromatic carbocycles. The molecule has 0 bridgehead atoms. The third kappa shape index (κ3) is 2.85. The second-order valence-electron chi connectivity index (χ2n) is 4.73. The quantitative estimate of drug-likeness (QED) is 0.797. The standard InChI is InChI=1S/C17H15FN2O/c18-15-7-3-1-6-13(15)11-21-17-14(10-19)9-12-5-2-4-8-16(12)20-17/h1-9H,10-11,19H2. The van der Waals surface area contributed by atoms with Crippen LogP contribution in [0.1, 0.15) is 11.1 Å². The van der Waals surface area contributed by atoms with Gasteiger partial charge in [-0.1, -0.05) is 36.4 Å². The van der Waals surface area contributed by atoms with Crippen molar-refractivity contribution >= 4 is 10.9 Å². The Balaban J connectivity index is 1.91. The molecule has 0 aliphatic rings. The number of hydrogen-bond acceptors (Lipinski definition) is 3. The van der Waals surface area contributed by atoms with Crippen LogP contribution in [0.25, 0.3) is 10.9 Å². The number of halogens is 1. The van der Waals surface area contributed by atoms with Crippen molar-refractivity contribution in [1.29, 1.82) is 0 Å². The number of para-hydroxylation sites is 1. The van der Waals surface area contributed by atoms with Crippen molar-refractivity contribution in [3.05, 3.63) is 71.5 Å². The van der Waals surface area contributed by atoms with Crippen LogP contribution in [-0.4, -0.2) is 4.98 Å². The van der Waals surface area contributed by atoms with Gasteiger partial charge in [-0.3, -0.25) is 0 Å². The molecule has 0 atom stereocenters. The van der Waals surface area contributed by atoms with E-state index >= 15 is 0 Å². The van der Waals surface area contributed by atoms with Crippen LogP contribution in [0, 0.1) is 5.82 Å². The lowest BCUT2D eigenvalue weighted by molar-refractivity contribution is 0.286.